The normalized spacial score (nSPS) is 27.8. The minimum Gasteiger partial charge on any atom is -0.374 e. The third-order valence-electron chi connectivity index (χ3n) is 2.04. The van der Waals surface area contributed by atoms with E-state index >= 15 is 0 Å². The molecule has 1 nitrogen and oxygen atoms in total. The molecular formula is C8H13N. The fourth-order valence-corrected chi connectivity index (χ4v) is 1.11. The van der Waals surface area contributed by atoms with E-state index in [1.54, 1.807) is 0 Å². The van der Waals surface area contributed by atoms with Crippen molar-refractivity contribution in [3.8, 4) is 0 Å². The van der Waals surface area contributed by atoms with Crippen molar-refractivity contribution < 1.29 is 0 Å². The molecule has 0 spiro atoms. The lowest BCUT2D eigenvalue weighted by Crippen LogP contribution is -2.09. The molecule has 1 aliphatic rings. The van der Waals surface area contributed by atoms with E-state index in [0.717, 1.165) is 6.54 Å². The van der Waals surface area contributed by atoms with Crippen molar-refractivity contribution in [2.24, 2.45) is 5.92 Å². The van der Waals surface area contributed by atoms with E-state index in [2.05, 4.69) is 32.0 Å². The molecule has 1 fully saturated rings. The molecule has 1 aliphatic heterocycles. The van der Waals surface area contributed by atoms with Gasteiger partial charge in [0.25, 0.3) is 0 Å². The zero-order valence-electron chi connectivity index (χ0n) is 6.15. The second-order valence-electron chi connectivity index (χ2n) is 2.73. The molecule has 0 radical (unpaired) electrons. The Hall–Kier alpha value is -0.720. The van der Waals surface area contributed by atoms with Crippen molar-refractivity contribution in [3.05, 3.63) is 24.4 Å². The maximum absolute atomic E-state index is 3.93. The summed E-state index contributed by atoms with van der Waals surface area (Å²) in [4.78, 5) is 2.15. The molecule has 0 aromatic rings. The molecule has 1 heterocycles. The highest BCUT2D eigenvalue weighted by Gasteiger charge is 2.21. The summed E-state index contributed by atoms with van der Waals surface area (Å²) in [5.74, 6) is 0.495. The third-order valence-corrected chi connectivity index (χ3v) is 2.04. The van der Waals surface area contributed by atoms with Gasteiger partial charge in [-0.3, -0.25) is 0 Å². The van der Waals surface area contributed by atoms with E-state index in [-0.39, 0.29) is 0 Å². The van der Waals surface area contributed by atoms with E-state index in [9.17, 15) is 0 Å². The fraction of sp³-hybridized carbons (Fsp3) is 0.500. The zero-order valence-corrected chi connectivity index (χ0v) is 6.15. The predicted octanol–water partition coefficient (Wildman–Crippen LogP) is 1.64. The third kappa shape index (κ3) is 0.869. The van der Waals surface area contributed by atoms with Gasteiger partial charge < -0.3 is 4.90 Å². The Morgan fingerprint density at radius 1 is 1.56 bits per heavy atom. The van der Waals surface area contributed by atoms with Gasteiger partial charge in [0.1, 0.15) is 0 Å². The number of nitrogens with zero attached hydrogens (tertiary/aromatic N) is 1. The maximum Gasteiger partial charge on any atom is 0.0386 e. The molecule has 0 saturated carbocycles. The fourth-order valence-electron chi connectivity index (χ4n) is 1.11. The standard InChI is InChI=1S/C8H13N/c1-6-5-9(4)8(3)7(6)2/h7H,1,3,5H2,2,4H3. The van der Waals surface area contributed by atoms with Gasteiger partial charge in [0.05, 0.1) is 0 Å². The molecule has 1 unspecified atom stereocenters. The van der Waals surface area contributed by atoms with Gasteiger partial charge in [-0.25, -0.2) is 0 Å². The van der Waals surface area contributed by atoms with E-state index in [1.165, 1.54) is 11.3 Å². The highest BCUT2D eigenvalue weighted by molar-refractivity contribution is 5.22. The summed E-state index contributed by atoms with van der Waals surface area (Å²) in [7, 11) is 2.05. The Bertz CT molecular complexity index is 158. The van der Waals surface area contributed by atoms with Gasteiger partial charge >= 0.3 is 0 Å². The summed E-state index contributed by atoms with van der Waals surface area (Å²) in [5, 5.41) is 0. The van der Waals surface area contributed by atoms with Gasteiger partial charge in [-0.15, -0.1) is 0 Å². The first-order valence-electron chi connectivity index (χ1n) is 3.20. The predicted molar refractivity (Wildman–Crippen MR) is 40.1 cm³/mol. The largest absolute Gasteiger partial charge is 0.374 e. The molecule has 1 rings (SSSR count). The Morgan fingerprint density at radius 3 is 2.22 bits per heavy atom. The van der Waals surface area contributed by atoms with Gasteiger partial charge in [-0.2, -0.15) is 0 Å². The Balaban J connectivity index is 2.77. The van der Waals surface area contributed by atoms with Crippen LogP contribution in [0.25, 0.3) is 0 Å². The number of hydrogen-bond acceptors (Lipinski definition) is 1. The van der Waals surface area contributed by atoms with Gasteiger partial charge in [-0.05, 0) is 5.57 Å². The number of rotatable bonds is 0. The quantitative estimate of drug-likeness (QED) is 0.442. The molecule has 0 aliphatic carbocycles. The van der Waals surface area contributed by atoms with Crippen LogP contribution in [0.2, 0.25) is 0 Å². The molecule has 0 aromatic heterocycles. The molecule has 0 aromatic carbocycles. The van der Waals surface area contributed by atoms with Crippen LogP contribution in [0.15, 0.2) is 24.4 Å². The van der Waals surface area contributed by atoms with Crippen LogP contribution >= 0.6 is 0 Å². The van der Waals surface area contributed by atoms with Crippen LogP contribution in [0.5, 0.6) is 0 Å². The van der Waals surface area contributed by atoms with Crippen LogP contribution in [0.1, 0.15) is 6.92 Å². The highest BCUT2D eigenvalue weighted by atomic mass is 15.1. The summed E-state index contributed by atoms with van der Waals surface area (Å²) >= 11 is 0. The van der Waals surface area contributed by atoms with E-state index in [1.807, 2.05) is 0 Å². The number of hydrogen-bond donors (Lipinski definition) is 0. The Morgan fingerprint density at radius 2 is 2.11 bits per heavy atom. The second kappa shape index (κ2) is 1.90. The summed E-state index contributed by atoms with van der Waals surface area (Å²) in [5.41, 5.74) is 2.47. The Labute approximate surface area is 56.7 Å². The van der Waals surface area contributed by atoms with Gasteiger partial charge in [0.15, 0.2) is 0 Å². The molecule has 9 heavy (non-hydrogen) atoms. The first kappa shape index (κ1) is 6.40. The van der Waals surface area contributed by atoms with Gasteiger partial charge in [-0.1, -0.05) is 20.1 Å². The lowest BCUT2D eigenvalue weighted by atomic mass is 10.1. The molecule has 0 amide bonds. The summed E-state index contributed by atoms with van der Waals surface area (Å²) in [6.45, 7) is 11.0. The molecule has 1 heteroatoms. The number of allylic oxidation sites excluding steroid dienone is 1. The van der Waals surface area contributed by atoms with E-state index < -0.39 is 0 Å². The van der Waals surface area contributed by atoms with Crippen molar-refractivity contribution in [3.63, 3.8) is 0 Å². The second-order valence-corrected chi connectivity index (χ2v) is 2.73. The van der Waals surface area contributed by atoms with Crippen LogP contribution in [-0.2, 0) is 0 Å². The minimum absolute atomic E-state index is 0.495. The van der Waals surface area contributed by atoms with Crippen molar-refractivity contribution in [2.45, 2.75) is 6.92 Å². The van der Waals surface area contributed by atoms with Crippen molar-refractivity contribution >= 4 is 0 Å². The summed E-state index contributed by atoms with van der Waals surface area (Å²) in [6.07, 6.45) is 0. The van der Waals surface area contributed by atoms with Crippen LogP contribution in [-0.4, -0.2) is 18.5 Å². The van der Waals surface area contributed by atoms with E-state index in [0.29, 0.717) is 5.92 Å². The number of likely N-dealkylation sites (N-methyl/N-ethyl adjacent to an activating group) is 1. The summed E-state index contributed by atoms with van der Waals surface area (Å²) < 4.78 is 0. The van der Waals surface area contributed by atoms with Crippen molar-refractivity contribution in [1.29, 1.82) is 0 Å². The first-order chi connectivity index (χ1) is 4.13. The average Bonchev–Trinajstić information content (AvgIpc) is 1.98. The Kier molecular flexibility index (Phi) is 1.35. The molecular weight excluding hydrogens is 110 g/mol. The van der Waals surface area contributed by atoms with Gasteiger partial charge in [0, 0.05) is 25.2 Å². The topological polar surface area (TPSA) is 3.24 Å². The van der Waals surface area contributed by atoms with Crippen LogP contribution < -0.4 is 0 Å². The van der Waals surface area contributed by atoms with Gasteiger partial charge in [0.2, 0.25) is 0 Å². The van der Waals surface area contributed by atoms with E-state index in [4.69, 9.17) is 0 Å². The van der Waals surface area contributed by atoms with Crippen molar-refractivity contribution in [2.75, 3.05) is 13.6 Å². The zero-order chi connectivity index (χ0) is 7.02. The molecule has 0 bridgehead atoms. The molecule has 1 atom stereocenters. The van der Waals surface area contributed by atoms with Crippen LogP contribution in [0, 0.1) is 5.92 Å². The molecule has 1 saturated heterocycles. The summed E-state index contributed by atoms with van der Waals surface area (Å²) in [6, 6.07) is 0. The minimum atomic E-state index is 0.495. The first-order valence-corrected chi connectivity index (χ1v) is 3.20. The molecule has 50 valence electrons. The SMILES string of the molecule is C=C1CN(C)C(=C)C1C. The smallest absolute Gasteiger partial charge is 0.0386 e. The maximum atomic E-state index is 3.93. The monoisotopic (exact) mass is 123 g/mol. The van der Waals surface area contributed by atoms with Crippen LogP contribution in [0.4, 0.5) is 0 Å². The number of likely N-dealkylation sites (tertiary alicyclic amines) is 1. The lowest BCUT2D eigenvalue weighted by Gasteiger charge is -2.11. The van der Waals surface area contributed by atoms with Crippen LogP contribution in [0.3, 0.4) is 0 Å². The highest BCUT2D eigenvalue weighted by Crippen LogP contribution is 2.27. The molecule has 0 N–H and O–H groups in total. The average molecular weight is 123 g/mol. The van der Waals surface area contributed by atoms with Crippen molar-refractivity contribution in [1.82, 2.24) is 4.90 Å². The lowest BCUT2D eigenvalue weighted by molar-refractivity contribution is 0.487.